The number of pyridine rings is 1. The van der Waals surface area contributed by atoms with E-state index in [1.165, 1.54) is 17.5 Å². The molecule has 0 aliphatic heterocycles. The Labute approximate surface area is 156 Å². The Morgan fingerprint density at radius 3 is 2.96 bits per heavy atom. The molecule has 7 nitrogen and oxygen atoms in total. The van der Waals surface area contributed by atoms with E-state index >= 15 is 0 Å². The fourth-order valence-corrected chi connectivity index (χ4v) is 3.81. The van der Waals surface area contributed by atoms with Crippen LogP contribution in [0.2, 0.25) is 0 Å². The molecule has 0 spiro atoms. The van der Waals surface area contributed by atoms with E-state index in [2.05, 4.69) is 27.6 Å². The molecule has 4 rings (SSSR count). The van der Waals surface area contributed by atoms with Gasteiger partial charge in [-0.2, -0.15) is 0 Å². The number of carbonyl (C=O) groups excluding carboxylic acids is 1. The molecule has 27 heavy (non-hydrogen) atoms. The third-order valence-electron chi connectivity index (χ3n) is 5.17. The molecule has 0 fully saturated rings. The number of carboxylic acid groups (broad SMARTS) is 1. The molecule has 3 aromatic rings. The summed E-state index contributed by atoms with van der Waals surface area (Å²) in [5.74, 6) is -1.30. The van der Waals surface area contributed by atoms with Crippen molar-refractivity contribution in [1.29, 1.82) is 0 Å². The third-order valence-corrected chi connectivity index (χ3v) is 5.17. The van der Waals surface area contributed by atoms with Gasteiger partial charge in [0.25, 0.3) is 5.91 Å². The number of hydrogen-bond acceptors (Lipinski definition) is 4. The molecule has 2 N–H and O–H groups in total. The van der Waals surface area contributed by atoms with E-state index in [1.807, 2.05) is 12.1 Å². The molecule has 2 aromatic heterocycles. The van der Waals surface area contributed by atoms with Crippen LogP contribution in [0.1, 0.15) is 46.7 Å². The number of nitrogens with zero attached hydrogens (tertiary/aromatic N) is 3. The van der Waals surface area contributed by atoms with Gasteiger partial charge in [-0.1, -0.05) is 24.3 Å². The molecule has 1 aromatic carbocycles. The van der Waals surface area contributed by atoms with Gasteiger partial charge in [-0.05, 0) is 54.9 Å². The van der Waals surface area contributed by atoms with Gasteiger partial charge in [0.2, 0.25) is 0 Å². The van der Waals surface area contributed by atoms with Crippen molar-refractivity contribution in [2.75, 3.05) is 0 Å². The minimum Gasteiger partial charge on any atom is -0.480 e. The number of carbonyl (C=O) groups is 2. The van der Waals surface area contributed by atoms with Crippen LogP contribution in [0.3, 0.4) is 0 Å². The first-order valence-electron chi connectivity index (χ1n) is 9.02. The number of benzene rings is 1. The second-order valence-corrected chi connectivity index (χ2v) is 6.90. The highest BCUT2D eigenvalue weighted by Gasteiger charge is 2.28. The Hall–Kier alpha value is -3.22. The van der Waals surface area contributed by atoms with E-state index in [0.717, 1.165) is 19.3 Å². The Bertz CT molecular complexity index is 998. The standard InChI is InChI=1S/C20H20N4O3/c25-19(15-8-9-18-23-21-12-24(18)11-15)22-17(20(26)27)10-14-6-3-5-13-4-1-2-7-16(13)14/h1-2,4,7-9,11-12,14,17H,3,5-6,10H2,(H,22,25)(H,26,27). The van der Waals surface area contributed by atoms with Crippen molar-refractivity contribution >= 4 is 17.5 Å². The number of nitrogens with one attached hydrogen (secondary N) is 1. The molecule has 0 saturated carbocycles. The molecule has 2 heterocycles. The van der Waals surface area contributed by atoms with Crippen molar-refractivity contribution in [3.8, 4) is 0 Å². The lowest BCUT2D eigenvalue weighted by atomic mass is 9.79. The maximum absolute atomic E-state index is 12.6. The van der Waals surface area contributed by atoms with Crippen molar-refractivity contribution in [2.24, 2.45) is 0 Å². The largest absolute Gasteiger partial charge is 0.480 e. The van der Waals surface area contributed by atoms with Gasteiger partial charge in [0.15, 0.2) is 5.65 Å². The molecule has 1 aliphatic carbocycles. The maximum Gasteiger partial charge on any atom is 0.326 e. The molecule has 1 amide bonds. The van der Waals surface area contributed by atoms with Crippen LogP contribution in [-0.4, -0.2) is 37.6 Å². The molecule has 2 unspecified atom stereocenters. The maximum atomic E-state index is 12.6. The summed E-state index contributed by atoms with van der Waals surface area (Å²) in [6.45, 7) is 0. The van der Waals surface area contributed by atoms with Crippen LogP contribution in [0, 0.1) is 0 Å². The van der Waals surface area contributed by atoms with Gasteiger partial charge in [-0.25, -0.2) is 4.79 Å². The zero-order valence-corrected chi connectivity index (χ0v) is 14.7. The predicted molar refractivity (Wildman–Crippen MR) is 98.6 cm³/mol. The zero-order chi connectivity index (χ0) is 18.8. The smallest absolute Gasteiger partial charge is 0.326 e. The molecule has 0 radical (unpaired) electrons. The number of aliphatic carboxylic acids is 1. The molecule has 2 atom stereocenters. The first kappa shape index (κ1) is 17.2. The van der Waals surface area contributed by atoms with Crippen molar-refractivity contribution in [1.82, 2.24) is 19.9 Å². The fraction of sp³-hybridized carbons (Fsp3) is 0.300. The number of carboxylic acids is 1. The van der Waals surface area contributed by atoms with Crippen molar-refractivity contribution in [3.05, 3.63) is 65.6 Å². The van der Waals surface area contributed by atoms with Crippen LogP contribution < -0.4 is 5.32 Å². The zero-order valence-electron chi connectivity index (χ0n) is 14.7. The number of amides is 1. The van der Waals surface area contributed by atoms with Crippen LogP contribution >= 0.6 is 0 Å². The number of aromatic nitrogens is 3. The second kappa shape index (κ2) is 7.19. The first-order valence-corrected chi connectivity index (χ1v) is 9.02. The van der Waals surface area contributed by atoms with Crippen LogP contribution in [0.4, 0.5) is 0 Å². The first-order chi connectivity index (χ1) is 13.1. The summed E-state index contributed by atoms with van der Waals surface area (Å²) in [6.07, 6.45) is 6.47. The van der Waals surface area contributed by atoms with Gasteiger partial charge in [0, 0.05) is 6.20 Å². The SMILES string of the molecule is O=C(NC(CC1CCCc2ccccc21)C(=O)O)c1ccc2nncn2c1. The fourth-order valence-electron chi connectivity index (χ4n) is 3.81. The molecular weight excluding hydrogens is 344 g/mol. The molecular formula is C20H20N4O3. The van der Waals surface area contributed by atoms with E-state index in [1.54, 1.807) is 22.7 Å². The summed E-state index contributed by atoms with van der Waals surface area (Å²) >= 11 is 0. The highest BCUT2D eigenvalue weighted by atomic mass is 16.4. The molecule has 7 heteroatoms. The molecule has 1 aliphatic rings. The van der Waals surface area contributed by atoms with Gasteiger partial charge in [0.05, 0.1) is 5.56 Å². The summed E-state index contributed by atoms with van der Waals surface area (Å²) in [7, 11) is 0. The summed E-state index contributed by atoms with van der Waals surface area (Å²) in [5, 5.41) is 20.0. The van der Waals surface area contributed by atoms with Gasteiger partial charge in [0.1, 0.15) is 12.4 Å². The number of rotatable bonds is 5. The van der Waals surface area contributed by atoms with E-state index < -0.39 is 17.9 Å². The normalized spacial score (nSPS) is 17.3. The third kappa shape index (κ3) is 3.53. The quantitative estimate of drug-likeness (QED) is 0.725. The van der Waals surface area contributed by atoms with Crippen LogP contribution in [-0.2, 0) is 11.2 Å². The number of hydrogen-bond donors (Lipinski definition) is 2. The summed E-state index contributed by atoms with van der Waals surface area (Å²) in [5.41, 5.74) is 3.48. The lowest BCUT2D eigenvalue weighted by Crippen LogP contribution is -2.42. The number of aryl methyl sites for hydroxylation is 1. The van der Waals surface area contributed by atoms with Gasteiger partial charge in [-0.3, -0.25) is 9.20 Å². The molecule has 0 saturated heterocycles. The van der Waals surface area contributed by atoms with Crippen LogP contribution in [0.25, 0.3) is 5.65 Å². The van der Waals surface area contributed by atoms with E-state index in [4.69, 9.17) is 0 Å². The van der Waals surface area contributed by atoms with E-state index in [-0.39, 0.29) is 5.92 Å². The minimum atomic E-state index is -1.02. The summed E-state index contributed by atoms with van der Waals surface area (Å²) in [6, 6.07) is 10.5. The lowest BCUT2D eigenvalue weighted by molar-refractivity contribution is -0.139. The van der Waals surface area contributed by atoms with Crippen molar-refractivity contribution in [3.63, 3.8) is 0 Å². The molecule has 138 valence electrons. The summed E-state index contributed by atoms with van der Waals surface area (Å²) in [4.78, 5) is 24.4. The van der Waals surface area contributed by atoms with E-state index in [0.29, 0.717) is 17.6 Å². The van der Waals surface area contributed by atoms with Crippen LogP contribution in [0.5, 0.6) is 0 Å². The monoisotopic (exact) mass is 364 g/mol. The molecule has 0 bridgehead atoms. The van der Waals surface area contributed by atoms with Gasteiger partial charge < -0.3 is 10.4 Å². The lowest BCUT2D eigenvalue weighted by Gasteiger charge is -2.28. The Morgan fingerprint density at radius 1 is 1.26 bits per heavy atom. The average molecular weight is 364 g/mol. The van der Waals surface area contributed by atoms with E-state index in [9.17, 15) is 14.7 Å². The average Bonchev–Trinajstić information content (AvgIpc) is 3.15. The Kier molecular flexibility index (Phi) is 4.58. The minimum absolute atomic E-state index is 0.136. The predicted octanol–water partition coefficient (Wildman–Crippen LogP) is 2.42. The summed E-state index contributed by atoms with van der Waals surface area (Å²) < 4.78 is 1.63. The Morgan fingerprint density at radius 2 is 2.11 bits per heavy atom. The van der Waals surface area contributed by atoms with Crippen molar-refractivity contribution < 1.29 is 14.7 Å². The van der Waals surface area contributed by atoms with Crippen LogP contribution in [0.15, 0.2) is 48.9 Å². The van der Waals surface area contributed by atoms with Gasteiger partial charge >= 0.3 is 5.97 Å². The highest BCUT2D eigenvalue weighted by molar-refractivity contribution is 5.96. The number of fused-ring (bicyclic) bond motifs is 2. The highest BCUT2D eigenvalue weighted by Crippen LogP contribution is 2.34. The topological polar surface area (TPSA) is 96.6 Å². The van der Waals surface area contributed by atoms with Crippen molar-refractivity contribution in [2.45, 2.75) is 37.6 Å². The second-order valence-electron chi connectivity index (χ2n) is 6.90. The Balaban J connectivity index is 1.51. The van der Waals surface area contributed by atoms with Gasteiger partial charge in [-0.15, -0.1) is 10.2 Å².